The Bertz CT molecular complexity index is 1880. The smallest absolute Gasteiger partial charge is 0.338 e. The lowest BCUT2D eigenvalue weighted by Crippen LogP contribution is -2.53. The highest BCUT2D eigenvalue weighted by atomic mass is 16.6. The SMILES string of the molecule is Cn1ccc2c(=O)n(CC3(O)CCN(C(=O)[C@@H]4CCN(C(=O)c5cccc(C(=O)OC(C)(C)C)c5)C[C@H]4c4ccccc4)CC3)cnc21. The van der Waals surface area contributed by atoms with Gasteiger partial charge in [0.2, 0.25) is 5.91 Å². The molecule has 0 bridgehead atoms. The zero-order chi connectivity index (χ0) is 34.2. The monoisotopic (exact) mass is 653 g/mol. The Morgan fingerprint density at radius 3 is 2.38 bits per heavy atom. The van der Waals surface area contributed by atoms with Crippen molar-refractivity contribution in [2.75, 3.05) is 26.2 Å². The molecule has 252 valence electrons. The number of aromatic nitrogens is 3. The third-order valence-electron chi connectivity index (χ3n) is 9.51. The maximum Gasteiger partial charge on any atom is 0.338 e. The largest absolute Gasteiger partial charge is 0.456 e. The van der Waals surface area contributed by atoms with Gasteiger partial charge in [0, 0.05) is 56.8 Å². The molecule has 2 aliphatic rings. The fourth-order valence-corrected chi connectivity index (χ4v) is 6.92. The first kappa shape index (κ1) is 33.1. The summed E-state index contributed by atoms with van der Waals surface area (Å²) in [5.41, 5.74) is 0.281. The molecule has 2 saturated heterocycles. The standard InChI is InChI=1S/C37H43N5O6/c1-36(2,3)48-35(46)27-12-8-11-26(21-27)32(43)41-18-14-28(30(22-41)25-9-6-5-7-10-25)33(44)40-19-15-37(47,16-20-40)23-42-24-38-31-29(34(42)45)13-17-39(31)4/h5-13,17,21,24,28,30,47H,14-16,18-20,22-23H2,1-4H3/t28-,30+/m1/s1. The third kappa shape index (κ3) is 6.92. The summed E-state index contributed by atoms with van der Waals surface area (Å²) in [6.45, 7) is 6.97. The summed E-state index contributed by atoms with van der Waals surface area (Å²) in [7, 11) is 1.83. The molecule has 2 aliphatic heterocycles. The van der Waals surface area contributed by atoms with Crippen molar-refractivity contribution in [2.45, 2.75) is 63.7 Å². The molecule has 2 aromatic carbocycles. The van der Waals surface area contributed by atoms with Crippen molar-refractivity contribution in [3.63, 3.8) is 0 Å². The quantitative estimate of drug-likeness (QED) is 0.312. The number of nitrogens with zero attached hydrogens (tertiary/aromatic N) is 5. The Morgan fingerprint density at radius 2 is 1.67 bits per heavy atom. The summed E-state index contributed by atoms with van der Waals surface area (Å²) in [6, 6.07) is 18.1. The van der Waals surface area contributed by atoms with Gasteiger partial charge in [-0.2, -0.15) is 0 Å². The van der Waals surface area contributed by atoms with E-state index in [1.165, 1.54) is 10.9 Å². The van der Waals surface area contributed by atoms with E-state index in [1.54, 1.807) is 66.8 Å². The number of benzene rings is 2. The lowest BCUT2D eigenvalue weighted by molar-refractivity contribution is -0.142. The Kier molecular flexibility index (Phi) is 9.00. The molecule has 2 atom stereocenters. The number of piperidine rings is 2. The molecule has 0 radical (unpaired) electrons. The molecule has 0 unspecified atom stereocenters. The predicted octanol–water partition coefficient (Wildman–Crippen LogP) is 3.99. The van der Waals surface area contributed by atoms with E-state index in [2.05, 4.69) is 4.98 Å². The first-order valence-electron chi connectivity index (χ1n) is 16.5. The van der Waals surface area contributed by atoms with Crippen LogP contribution in [0.15, 0.2) is 78.0 Å². The number of amides is 2. The summed E-state index contributed by atoms with van der Waals surface area (Å²) in [5, 5.41) is 12.0. The maximum atomic E-state index is 14.1. The molecule has 4 aromatic rings. The van der Waals surface area contributed by atoms with Crippen molar-refractivity contribution < 1.29 is 24.2 Å². The van der Waals surface area contributed by atoms with Crippen LogP contribution in [-0.2, 0) is 23.1 Å². The molecule has 0 saturated carbocycles. The molecule has 0 spiro atoms. The number of hydrogen-bond donors (Lipinski definition) is 1. The van der Waals surface area contributed by atoms with E-state index in [0.717, 1.165) is 5.56 Å². The van der Waals surface area contributed by atoms with Crippen LogP contribution in [0.2, 0.25) is 0 Å². The van der Waals surface area contributed by atoms with E-state index >= 15 is 0 Å². The van der Waals surface area contributed by atoms with Crippen molar-refractivity contribution in [3.05, 3.63) is 100 Å². The van der Waals surface area contributed by atoms with Gasteiger partial charge in [0.05, 0.1) is 23.1 Å². The van der Waals surface area contributed by atoms with Crippen molar-refractivity contribution in [1.82, 2.24) is 23.9 Å². The predicted molar refractivity (Wildman–Crippen MR) is 181 cm³/mol. The molecule has 0 aliphatic carbocycles. The van der Waals surface area contributed by atoms with E-state index in [0.29, 0.717) is 67.6 Å². The van der Waals surface area contributed by atoms with Gasteiger partial charge in [0.1, 0.15) is 17.6 Å². The number of aliphatic hydroxyl groups is 1. The molecule has 11 heteroatoms. The van der Waals surface area contributed by atoms with Crippen molar-refractivity contribution in [1.29, 1.82) is 0 Å². The molecule has 2 fully saturated rings. The highest BCUT2D eigenvalue weighted by molar-refractivity contribution is 5.98. The average molecular weight is 654 g/mol. The van der Waals surface area contributed by atoms with Crippen molar-refractivity contribution >= 4 is 28.8 Å². The van der Waals surface area contributed by atoms with Gasteiger partial charge in [-0.25, -0.2) is 9.78 Å². The van der Waals surface area contributed by atoms with Gasteiger partial charge in [-0.05, 0) is 69.9 Å². The molecular weight excluding hydrogens is 610 g/mol. The van der Waals surface area contributed by atoms with E-state index in [9.17, 15) is 24.3 Å². The van der Waals surface area contributed by atoms with Crippen LogP contribution < -0.4 is 5.56 Å². The normalized spacial score (nSPS) is 19.7. The lowest BCUT2D eigenvalue weighted by atomic mass is 9.79. The van der Waals surface area contributed by atoms with Gasteiger partial charge in [0.15, 0.2) is 0 Å². The highest BCUT2D eigenvalue weighted by Crippen LogP contribution is 2.36. The van der Waals surface area contributed by atoms with Gasteiger partial charge >= 0.3 is 5.97 Å². The van der Waals surface area contributed by atoms with Crippen LogP contribution in [0.25, 0.3) is 11.0 Å². The van der Waals surface area contributed by atoms with E-state index < -0.39 is 17.2 Å². The Labute approximate surface area is 279 Å². The zero-order valence-corrected chi connectivity index (χ0v) is 28.0. The molecule has 6 rings (SSSR count). The second kappa shape index (κ2) is 13.0. The number of carbonyl (C=O) groups excluding carboxylic acids is 3. The number of carbonyl (C=O) groups is 3. The van der Waals surface area contributed by atoms with Crippen LogP contribution in [0, 0.1) is 5.92 Å². The molecule has 48 heavy (non-hydrogen) atoms. The molecule has 1 N–H and O–H groups in total. The van der Waals surface area contributed by atoms with Gasteiger partial charge in [-0.1, -0.05) is 36.4 Å². The van der Waals surface area contributed by atoms with Gasteiger partial charge in [0.25, 0.3) is 11.5 Å². The average Bonchev–Trinajstić information content (AvgIpc) is 3.46. The van der Waals surface area contributed by atoms with Crippen LogP contribution in [0.1, 0.15) is 72.2 Å². The first-order chi connectivity index (χ1) is 22.8. The van der Waals surface area contributed by atoms with Crippen LogP contribution in [0.4, 0.5) is 0 Å². The minimum atomic E-state index is -1.15. The topological polar surface area (TPSA) is 127 Å². The number of likely N-dealkylation sites (tertiary alicyclic amines) is 2. The third-order valence-corrected chi connectivity index (χ3v) is 9.51. The lowest BCUT2D eigenvalue weighted by Gasteiger charge is -2.43. The number of esters is 1. The second-order valence-corrected chi connectivity index (χ2v) is 14.1. The number of fused-ring (bicyclic) bond motifs is 1. The summed E-state index contributed by atoms with van der Waals surface area (Å²) < 4.78 is 8.74. The zero-order valence-electron chi connectivity index (χ0n) is 28.0. The fraction of sp³-hybridized carbons (Fsp3) is 0.432. The first-order valence-corrected chi connectivity index (χ1v) is 16.5. The van der Waals surface area contributed by atoms with Gasteiger partial charge in [-0.15, -0.1) is 0 Å². The maximum absolute atomic E-state index is 14.1. The Morgan fingerprint density at radius 1 is 0.958 bits per heavy atom. The van der Waals surface area contributed by atoms with Gasteiger partial charge < -0.3 is 24.2 Å². The minimum Gasteiger partial charge on any atom is -0.456 e. The molecule has 2 aromatic heterocycles. The molecule has 11 nitrogen and oxygen atoms in total. The second-order valence-electron chi connectivity index (χ2n) is 14.1. The van der Waals surface area contributed by atoms with E-state index in [1.807, 2.05) is 42.3 Å². The van der Waals surface area contributed by atoms with Crippen LogP contribution in [0.5, 0.6) is 0 Å². The number of ether oxygens (including phenoxy) is 1. The van der Waals surface area contributed by atoms with E-state index in [-0.39, 0.29) is 35.8 Å². The number of hydrogen-bond acceptors (Lipinski definition) is 7. The Balaban J connectivity index is 1.14. The summed E-state index contributed by atoms with van der Waals surface area (Å²) in [4.78, 5) is 61.6. The van der Waals surface area contributed by atoms with E-state index in [4.69, 9.17) is 4.74 Å². The highest BCUT2D eigenvalue weighted by Gasteiger charge is 2.42. The minimum absolute atomic E-state index is 0.00876. The summed E-state index contributed by atoms with van der Waals surface area (Å²) >= 11 is 0. The summed E-state index contributed by atoms with van der Waals surface area (Å²) in [5.74, 6) is -1.25. The number of rotatable bonds is 6. The molecular formula is C37H43N5O6. The molecule has 2 amide bonds. The number of aryl methyl sites for hydroxylation is 1. The van der Waals surface area contributed by atoms with Crippen molar-refractivity contribution in [2.24, 2.45) is 13.0 Å². The van der Waals surface area contributed by atoms with Crippen molar-refractivity contribution in [3.8, 4) is 0 Å². The van der Waals surface area contributed by atoms with Crippen LogP contribution >= 0.6 is 0 Å². The van der Waals surface area contributed by atoms with Crippen LogP contribution in [-0.4, -0.2) is 84.2 Å². The Hall–Kier alpha value is -4.77. The van der Waals surface area contributed by atoms with Gasteiger partial charge in [-0.3, -0.25) is 19.0 Å². The fourth-order valence-electron chi connectivity index (χ4n) is 6.92. The molecule has 4 heterocycles. The van der Waals surface area contributed by atoms with Crippen LogP contribution in [0.3, 0.4) is 0 Å². The summed E-state index contributed by atoms with van der Waals surface area (Å²) in [6.07, 6.45) is 4.41.